The quantitative estimate of drug-likeness (QED) is 0.850. The molecule has 3 aliphatic rings. The van der Waals surface area contributed by atoms with Crippen LogP contribution in [0, 0.1) is 17.8 Å². The van der Waals surface area contributed by atoms with E-state index in [-0.39, 0.29) is 5.91 Å². The zero-order chi connectivity index (χ0) is 13.5. The zero-order valence-electron chi connectivity index (χ0n) is 11.8. The minimum atomic E-state index is 0.0596. The average molecular weight is 274 g/mol. The van der Waals surface area contributed by atoms with Gasteiger partial charge in [0.1, 0.15) is 6.26 Å². The van der Waals surface area contributed by atoms with E-state index in [2.05, 4.69) is 5.16 Å². The Morgan fingerprint density at radius 3 is 3.00 bits per heavy atom. The highest BCUT2D eigenvalue weighted by molar-refractivity contribution is 5.92. The first-order chi connectivity index (χ1) is 9.81. The number of rotatable bonds is 3. The van der Waals surface area contributed by atoms with Gasteiger partial charge in [-0.3, -0.25) is 4.79 Å². The van der Waals surface area contributed by atoms with E-state index in [4.69, 9.17) is 4.52 Å². The van der Waals surface area contributed by atoms with Crippen molar-refractivity contribution in [2.24, 2.45) is 17.8 Å². The molecular formula is C16H22N2O2. The molecule has 0 spiro atoms. The molecule has 2 saturated carbocycles. The lowest BCUT2D eigenvalue weighted by Crippen LogP contribution is -2.37. The lowest BCUT2D eigenvalue weighted by Gasteiger charge is -2.29. The summed E-state index contributed by atoms with van der Waals surface area (Å²) in [7, 11) is 0. The summed E-state index contributed by atoms with van der Waals surface area (Å²) in [6.45, 7) is 0.886. The summed E-state index contributed by atoms with van der Waals surface area (Å²) in [6, 6.07) is 2.11. The van der Waals surface area contributed by atoms with E-state index < -0.39 is 0 Å². The maximum atomic E-state index is 12.5. The number of amides is 1. The highest BCUT2D eigenvalue weighted by Gasteiger charge is 2.42. The van der Waals surface area contributed by atoms with E-state index in [1.165, 1.54) is 38.4 Å². The summed E-state index contributed by atoms with van der Waals surface area (Å²) < 4.78 is 4.81. The largest absolute Gasteiger partial charge is 0.364 e. The molecular weight excluding hydrogens is 252 g/mol. The molecule has 1 aromatic heterocycles. The number of fused-ring (bicyclic) bond motifs is 2. The summed E-state index contributed by atoms with van der Waals surface area (Å²) in [6.07, 6.45) is 10.7. The highest BCUT2D eigenvalue weighted by atomic mass is 16.5. The number of carbonyl (C=O) groups is 1. The topological polar surface area (TPSA) is 46.3 Å². The number of likely N-dealkylation sites (tertiary alicyclic amines) is 1. The van der Waals surface area contributed by atoms with Gasteiger partial charge in [-0.2, -0.15) is 0 Å². The normalized spacial score (nSPS) is 35.9. The van der Waals surface area contributed by atoms with Crippen molar-refractivity contribution in [2.75, 3.05) is 6.54 Å². The monoisotopic (exact) mass is 274 g/mol. The van der Waals surface area contributed by atoms with Gasteiger partial charge < -0.3 is 9.42 Å². The molecule has 0 unspecified atom stereocenters. The lowest BCUT2D eigenvalue weighted by molar-refractivity contribution is 0.0697. The van der Waals surface area contributed by atoms with E-state index in [0.717, 1.165) is 37.1 Å². The molecule has 4 heteroatoms. The first kappa shape index (κ1) is 12.4. The van der Waals surface area contributed by atoms with Gasteiger partial charge in [0.15, 0.2) is 5.69 Å². The van der Waals surface area contributed by atoms with Gasteiger partial charge in [0.25, 0.3) is 5.91 Å². The Balaban J connectivity index is 1.43. The summed E-state index contributed by atoms with van der Waals surface area (Å²) in [5.74, 6) is 2.87. The van der Waals surface area contributed by atoms with Crippen LogP contribution in [0.2, 0.25) is 0 Å². The molecule has 1 aromatic rings. The van der Waals surface area contributed by atoms with Crippen LogP contribution in [0.3, 0.4) is 0 Å². The molecule has 2 aliphatic carbocycles. The summed E-state index contributed by atoms with van der Waals surface area (Å²) in [5.41, 5.74) is 0.463. The number of carbonyl (C=O) groups excluding carboxylic acids is 1. The number of hydrogen-bond donors (Lipinski definition) is 0. The molecule has 1 amide bonds. The Kier molecular flexibility index (Phi) is 3.04. The van der Waals surface area contributed by atoms with E-state index in [1.54, 1.807) is 6.07 Å². The van der Waals surface area contributed by atoms with Crippen LogP contribution in [0.25, 0.3) is 0 Å². The third-order valence-corrected chi connectivity index (χ3v) is 5.75. The third-order valence-electron chi connectivity index (χ3n) is 5.75. The highest BCUT2D eigenvalue weighted by Crippen LogP contribution is 2.50. The smallest absolute Gasteiger partial charge is 0.276 e. The summed E-state index contributed by atoms with van der Waals surface area (Å²) >= 11 is 0. The van der Waals surface area contributed by atoms with Gasteiger partial charge in [0.2, 0.25) is 0 Å². The van der Waals surface area contributed by atoms with Crippen LogP contribution < -0.4 is 0 Å². The molecule has 108 valence electrons. The maximum absolute atomic E-state index is 12.5. The Morgan fingerprint density at radius 1 is 1.35 bits per heavy atom. The van der Waals surface area contributed by atoms with E-state index >= 15 is 0 Å². The second-order valence-corrected chi connectivity index (χ2v) is 6.85. The average Bonchev–Trinajstić information content (AvgIpc) is 3.23. The molecule has 4 atom stereocenters. The molecule has 1 aliphatic heterocycles. The van der Waals surface area contributed by atoms with Crippen molar-refractivity contribution in [1.29, 1.82) is 0 Å². The van der Waals surface area contributed by atoms with Crippen molar-refractivity contribution in [1.82, 2.24) is 10.1 Å². The first-order valence-corrected chi connectivity index (χ1v) is 8.02. The van der Waals surface area contributed by atoms with Gasteiger partial charge in [-0.05, 0) is 56.3 Å². The second kappa shape index (κ2) is 4.90. The molecule has 0 aromatic carbocycles. The fourth-order valence-electron chi connectivity index (χ4n) is 4.83. The van der Waals surface area contributed by atoms with E-state index in [0.29, 0.717) is 11.7 Å². The molecule has 4 rings (SSSR count). The molecule has 0 radical (unpaired) electrons. The lowest BCUT2D eigenvalue weighted by atomic mass is 9.83. The van der Waals surface area contributed by atoms with Crippen molar-refractivity contribution in [3.05, 3.63) is 18.0 Å². The molecule has 2 heterocycles. The third kappa shape index (κ3) is 2.05. The van der Waals surface area contributed by atoms with Crippen molar-refractivity contribution < 1.29 is 9.32 Å². The molecule has 4 nitrogen and oxygen atoms in total. The fourth-order valence-corrected chi connectivity index (χ4v) is 4.83. The molecule has 1 saturated heterocycles. The van der Waals surface area contributed by atoms with Crippen LogP contribution in [-0.2, 0) is 0 Å². The fraction of sp³-hybridized carbons (Fsp3) is 0.750. The Hall–Kier alpha value is -1.32. The van der Waals surface area contributed by atoms with Gasteiger partial charge in [-0.25, -0.2) is 0 Å². The number of nitrogens with zero attached hydrogens (tertiary/aromatic N) is 2. The minimum absolute atomic E-state index is 0.0596. The molecule has 20 heavy (non-hydrogen) atoms. The Morgan fingerprint density at radius 2 is 2.30 bits per heavy atom. The van der Waals surface area contributed by atoms with Gasteiger partial charge in [-0.15, -0.1) is 0 Å². The van der Waals surface area contributed by atoms with Gasteiger partial charge in [0.05, 0.1) is 0 Å². The van der Waals surface area contributed by atoms with Crippen molar-refractivity contribution in [3.8, 4) is 0 Å². The van der Waals surface area contributed by atoms with Crippen LogP contribution in [0.5, 0.6) is 0 Å². The minimum Gasteiger partial charge on any atom is -0.364 e. The van der Waals surface area contributed by atoms with E-state index in [9.17, 15) is 4.79 Å². The van der Waals surface area contributed by atoms with Crippen LogP contribution >= 0.6 is 0 Å². The summed E-state index contributed by atoms with van der Waals surface area (Å²) in [5, 5.41) is 3.80. The van der Waals surface area contributed by atoms with Crippen molar-refractivity contribution >= 4 is 5.91 Å². The first-order valence-electron chi connectivity index (χ1n) is 8.02. The zero-order valence-corrected chi connectivity index (χ0v) is 11.8. The van der Waals surface area contributed by atoms with Gasteiger partial charge >= 0.3 is 0 Å². The Labute approximate surface area is 119 Å². The number of aromatic nitrogens is 1. The summed E-state index contributed by atoms with van der Waals surface area (Å²) in [4.78, 5) is 14.5. The second-order valence-electron chi connectivity index (χ2n) is 6.85. The Bertz CT molecular complexity index is 485. The maximum Gasteiger partial charge on any atom is 0.276 e. The van der Waals surface area contributed by atoms with Crippen LogP contribution in [0.15, 0.2) is 16.9 Å². The van der Waals surface area contributed by atoms with Crippen LogP contribution in [-0.4, -0.2) is 28.6 Å². The van der Waals surface area contributed by atoms with Gasteiger partial charge in [-0.1, -0.05) is 11.6 Å². The molecule has 0 N–H and O–H groups in total. The SMILES string of the molecule is O=C(c1ccon1)N1CCC[C@@H]1C[C@@H]1C[C@H]2CC[C@H]1C2. The molecule has 3 fully saturated rings. The van der Waals surface area contributed by atoms with Crippen LogP contribution in [0.1, 0.15) is 55.4 Å². The van der Waals surface area contributed by atoms with E-state index in [1.807, 2.05) is 4.90 Å². The predicted molar refractivity (Wildman–Crippen MR) is 74.1 cm³/mol. The predicted octanol–water partition coefficient (Wildman–Crippen LogP) is 3.11. The standard InChI is InChI=1S/C16H22N2O2/c19-16(15-5-7-20-17-15)18-6-1-2-14(18)10-13-9-11-3-4-12(13)8-11/h5,7,11-14H,1-4,6,8-10H2/t11-,12-,13-,14+/m0/s1. The van der Waals surface area contributed by atoms with Crippen molar-refractivity contribution in [2.45, 2.75) is 51.0 Å². The van der Waals surface area contributed by atoms with Crippen LogP contribution in [0.4, 0.5) is 0 Å². The number of hydrogen-bond acceptors (Lipinski definition) is 3. The van der Waals surface area contributed by atoms with Crippen molar-refractivity contribution in [3.63, 3.8) is 0 Å². The molecule has 2 bridgehead atoms. The van der Waals surface area contributed by atoms with Gasteiger partial charge in [0, 0.05) is 18.7 Å².